The summed E-state index contributed by atoms with van der Waals surface area (Å²) in [6.07, 6.45) is 5.92. The smallest absolute Gasteiger partial charge is 0.366 e. The summed E-state index contributed by atoms with van der Waals surface area (Å²) in [6, 6.07) is 9.46. The first-order valence-electron chi connectivity index (χ1n) is 9.47. The minimum Gasteiger partial charge on any atom is -0.477 e. The molecule has 3 heterocycles. The van der Waals surface area contributed by atoms with Crippen LogP contribution in [-0.2, 0) is 0 Å². The zero-order chi connectivity index (χ0) is 21.5. The molecule has 1 aromatic carbocycles. The number of hydrogen-bond acceptors (Lipinski definition) is 7. The van der Waals surface area contributed by atoms with Gasteiger partial charge in [0.1, 0.15) is 36.7 Å². The van der Waals surface area contributed by atoms with E-state index in [1.807, 2.05) is 67.6 Å². The van der Waals surface area contributed by atoms with Gasteiger partial charge in [-0.2, -0.15) is 0 Å². The van der Waals surface area contributed by atoms with Crippen LogP contribution in [0.25, 0.3) is 0 Å². The maximum Gasteiger partial charge on any atom is 0.366 e. The van der Waals surface area contributed by atoms with Gasteiger partial charge in [0, 0.05) is 6.08 Å². The Kier molecular flexibility index (Phi) is 4.70. The molecule has 0 spiro atoms. The summed E-state index contributed by atoms with van der Waals surface area (Å²) in [7, 11) is 1.87. The highest BCUT2D eigenvalue weighted by Crippen LogP contribution is 2.38. The summed E-state index contributed by atoms with van der Waals surface area (Å²) in [4.78, 5) is 35.9. The van der Waals surface area contributed by atoms with Crippen molar-refractivity contribution < 1.29 is 19.4 Å². The molecule has 2 unspecified atom stereocenters. The number of carboxylic acids is 1. The minimum atomic E-state index is -1.23. The Bertz CT molecular complexity index is 1070. The molecule has 0 saturated heterocycles. The van der Waals surface area contributed by atoms with E-state index >= 15 is 0 Å². The summed E-state index contributed by atoms with van der Waals surface area (Å²) in [5, 5.41) is 12.6. The van der Waals surface area contributed by atoms with Gasteiger partial charge in [-0.1, -0.05) is 18.2 Å². The zero-order valence-corrected chi connectivity index (χ0v) is 16.6. The molecule has 30 heavy (non-hydrogen) atoms. The Balaban J connectivity index is 1.75. The molecule has 154 valence electrons. The summed E-state index contributed by atoms with van der Waals surface area (Å²) >= 11 is 0. The number of fused-ring (bicyclic) bond motifs is 1. The molecule has 4 N–H and O–H groups in total. The van der Waals surface area contributed by atoms with Gasteiger partial charge >= 0.3 is 12.1 Å². The highest BCUT2D eigenvalue weighted by atomic mass is 16.4. The summed E-state index contributed by atoms with van der Waals surface area (Å²) < 4.78 is 0.115. The number of allylic oxidation sites excluding steroid dienone is 1. The van der Waals surface area contributed by atoms with E-state index in [-0.39, 0.29) is 21.8 Å². The molecule has 2 aliphatic heterocycles. The van der Waals surface area contributed by atoms with Gasteiger partial charge in [-0.05, 0) is 29.7 Å². The first-order valence-corrected chi connectivity index (χ1v) is 9.47. The number of likely N-dealkylation sites (N-methyl/N-ethyl adjacent to an activating group) is 1. The molecular formula is C20H23N7O3+2. The van der Waals surface area contributed by atoms with Crippen molar-refractivity contribution in [3.05, 3.63) is 76.7 Å². The average Bonchev–Trinajstić information content (AvgIpc) is 3.10. The fraction of sp³-hybridized carbons (Fsp3) is 0.250. The predicted octanol–water partition coefficient (Wildman–Crippen LogP) is 2.08. The SMILES string of the molecule is CC(Nc1ncnc(N)c1C(=O)O)N1C=C2C=CC[N@+]2(C)[N+](=O)C1c1ccccc1. The molecule has 1 aromatic heterocycles. The first-order chi connectivity index (χ1) is 14.3. The summed E-state index contributed by atoms with van der Waals surface area (Å²) in [6.45, 7) is 2.40. The molecule has 3 atom stereocenters. The predicted molar refractivity (Wildman–Crippen MR) is 109 cm³/mol. The van der Waals surface area contributed by atoms with E-state index in [0.29, 0.717) is 6.54 Å². The van der Waals surface area contributed by atoms with Gasteiger partial charge in [0.25, 0.3) is 0 Å². The number of aromatic nitrogens is 2. The lowest BCUT2D eigenvalue weighted by atomic mass is 10.1. The van der Waals surface area contributed by atoms with E-state index in [0.717, 1.165) is 16.1 Å². The number of carboxylic acid groups (broad SMARTS) is 1. The van der Waals surface area contributed by atoms with E-state index in [1.54, 1.807) is 0 Å². The van der Waals surface area contributed by atoms with E-state index < -0.39 is 18.3 Å². The van der Waals surface area contributed by atoms with Crippen molar-refractivity contribution in [3.8, 4) is 0 Å². The number of hydrogen-bond donors (Lipinski definition) is 3. The number of aromatic carboxylic acids is 1. The van der Waals surface area contributed by atoms with Crippen LogP contribution >= 0.6 is 0 Å². The molecule has 0 saturated carbocycles. The molecule has 10 nitrogen and oxygen atoms in total. The number of quaternary nitrogens is 1. The average molecular weight is 409 g/mol. The van der Waals surface area contributed by atoms with Crippen molar-refractivity contribution in [2.75, 3.05) is 24.6 Å². The number of nitrogens with one attached hydrogen (secondary N) is 1. The summed E-state index contributed by atoms with van der Waals surface area (Å²) in [5.74, 6) is -1.26. The Morgan fingerprint density at radius 3 is 2.80 bits per heavy atom. The van der Waals surface area contributed by atoms with Gasteiger partial charge in [0.2, 0.25) is 10.6 Å². The lowest BCUT2D eigenvalue weighted by molar-refractivity contribution is -1.32. The normalized spacial score (nSPS) is 23.7. The topological polar surface area (TPSA) is 124 Å². The first kappa shape index (κ1) is 19.5. The lowest BCUT2D eigenvalue weighted by Gasteiger charge is -2.36. The van der Waals surface area contributed by atoms with Crippen LogP contribution < -0.4 is 11.1 Å². The van der Waals surface area contributed by atoms with Crippen LogP contribution in [0.1, 0.15) is 29.0 Å². The van der Waals surface area contributed by atoms with Crippen molar-refractivity contribution >= 4 is 17.6 Å². The molecule has 0 amide bonds. The summed E-state index contributed by atoms with van der Waals surface area (Å²) in [5.41, 5.74) is 7.20. The third kappa shape index (κ3) is 3.07. The molecule has 2 aliphatic rings. The van der Waals surface area contributed by atoms with E-state index in [9.17, 15) is 14.8 Å². The van der Waals surface area contributed by atoms with Crippen molar-refractivity contribution in [2.45, 2.75) is 19.3 Å². The van der Waals surface area contributed by atoms with Crippen LogP contribution in [0.3, 0.4) is 0 Å². The standard InChI is InChI=1S/C20H21N7O3/c1-13(24-18-16(20(28)29)17(21)22-12-23-18)25-11-15-9-6-10-27(15,2)26(30)19(25)14-7-4-3-5-8-14/h3-9,11-13,19H,10H2,1-2H3,(H2-2,21,22,23,24,28,29)/p+2/t13?,19?,27-/m0/s1. The van der Waals surface area contributed by atoms with Crippen molar-refractivity contribution in [3.63, 3.8) is 0 Å². The minimum absolute atomic E-state index is 0.0925. The number of anilines is 2. The molecule has 0 bridgehead atoms. The number of nitrogen functional groups attached to an aromatic ring is 1. The highest BCUT2D eigenvalue weighted by Gasteiger charge is 2.56. The fourth-order valence-corrected chi connectivity index (χ4v) is 3.83. The van der Waals surface area contributed by atoms with E-state index in [4.69, 9.17) is 5.73 Å². The quantitative estimate of drug-likeness (QED) is 0.506. The number of nitrogens with two attached hydrogens (primary N) is 1. The second-order valence-corrected chi connectivity index (χ2v) is 7.42. The number of rotatable bonds is 5. The fourth-order valence-electron chi connectivity index (χ4n) is 3.83. The molecule has 2 aromatic rings. The van der Waals surface area contributed by atoms with Gasteiger partial charge in [-0.15, -0.1) is 0 Å². The van der Waals surface area contributed by atoms with Crippen molar-refractivity contribution in [2.24, 2.45) is 0 Å². The number of carbonyl (C=O) groups is 1. The number of benzene rings is 1. The zero-order valence-electron chi connectivity index (χ0n) is 16.6. The highest BCUT2D eigenvalue weighted by molar-refractivity contribution is 5.97. The van der Waals surface area contributed by atoms with E-state index in [2.05, 4.69) is 15.3 Å². The number of nitroso groups, excluding NO2 is 1. The van der Waals surface area contributed by atoms with Crippen LogP contribution in [0.4, 0.5) is 11.6 Å². The molecule has 10 heteroatoms. The molecule has 0 fully saturated rings. The van der Waals surface area contributed by atoms with Gasteiger partial charge < -0.3 is 16.2 Å². The Morgan fingerprint density at radius 1 is 1.37 bits per heavy atom. The van der Waals surface area contributed by atoms with Crippen molar-refractivity contribution in [1.82, 2.24) is 14.9 Å². The number of nitrogens with zero attached hydrogens (tertiary/aromatic N) is 5. The maximum absolute atomic E-state index is 13.5. The van der Waals surface area contributed by atoms with Crippen LogP contribution in [0.15, 0.2) is 60.7 Å². The van der Waals surface area contributed by atoms with Crippen LogP contribution in [0.5, 0.6) is 0 Å². The Labute approximate surface area is 173 Å². The lowest BCUT2D eigenvalue weighted by Crippen LogP contribution is -2.58. The maximum atomic E-state index is 13.5. The van der Waals surface area contributed by atoms with Gasteiger partial charge in [-0.25, -0.2) is 14.8 Å². The van der Waals surface area contributed by atoms with Crippen LogP contribution in [0.2, 0.25) is 0 Å². The largest absolute Gasteiger partial charge is 0.477 e. The Hall–Kier alpha value is -3.79. The second-order valence-electron chi connectivity index (χ2n) is 7.42. The Morgan fingerprint density at radius 2 is 2.10 bits per heavy atom. The van der Waals surface area contributed by atoms with E-state index in [1.165, 1.54) is 6.33 Å². The van der Waals surface area contributed by atoms with Crippen LogP contribution in [-0.4, -0.2) is 55.2 Å². The molecule has 0 radical (unpaired) electrons. The van der Waals surface area contributed by atoms with Gasteiger partial charge in [0.05, 0.1) is 16.7 Å². The second kappa shape index (κ2) is 7.23. The third-order valence-corrected chi connectivity index (χ3v) is 5.49. The van der Waals surface area contributed by atoms with Gasteiger partial charge in [0.15, 0.2) is 6.54 Å². The molecular weight excluding hydrogens is 386 g/mol. The monoisotopic (exact) mass is 409 g/mol. The van der Waals surface area contributed by atoms with Gasteiger partial charge in [-0.3, -0.25) is 4.90 Å². The van der Waals surface area contributed by atoms with Crippen molar-refractivity contribution in [1.29, 1.82) is 0 Å². The molecule has 4 rings (SSSR count). The van der Waals surface area contributed by atoms with Crippen LogP contribution in [0, 0.1) is 4.91 Å². The third-order valence-electron chi connectivity index (χ3n) is 5.49. The molecule has 0 aliphatic carbocycles.